The van der Waals surface area contributed by atoms with Gasteiger partial charge in [0.1, 0.15) is 0 Å². The zero-order valence-electron chi connectivity index (χ0n) is 19.1. The second-order valence-electron chi connectivity index (χ2n) is 9.70. The minimum absolute atomic E-state index is 0.236. The summed E-state index contributed by atoms with van der Waals surface area (Å²) in [4.78, 5) is 12.2. The summed E-state index contributed by atoms with van der Waals surface area (Å²) >= 11 is 0. The van der Waals surface area contributed by atoms with Crippen molar-refractivity contribution in [3.8, 4) is 11.5 Å². The summed E-state index contributed by atoms with van der Waals surface area (Å²) in [6, 6.07) is 3.62. The summed E-state index contributed by atoms with van der Waals surface area (Å²) in [5, 5.41) is 0. The van der Waals surface area contributed by atoms with E-state index in [1.165, 1.54) is 31.9 Å². The monoisotopic (exact) mass is 400 g/mol. The average Bonchev–Trinajstić information content (AvgIpc) is 2.68. The summed E-state index contributed by atoms with van der Waals surface area (Å²) in [6.45, 7) is 9.61. The van der Waals surface area contributed by atoms with Crippen LogP contribution in [0.1, 0.15) is 69.3 Å². The zero-order chi connectivity index (χ0) is 21.4. The van der Waals surface area contributed by atoms with Gasteiger partial charge in [0.15, 0.2) is 11.5 Å². The minimum atomic E-state index is -0.356. The third kappa shape index (κ3) is 3.78. The molecule has 1 saturated carbocycles. The molecule has 0 heterocycles. The van der Waals surface area contributed by atoms with Crippen molar-refractivity contribution in [3.05, 3.63) is 34.9 Å². The second kappa shape index (κ2) is 8.04. The maximum Gasteiger partial charge on any atom is 0.337 e. The number of hydrogen-bond acceptors (Lipinski definition) is 4. The third-order valence-electron chi connectivity index (χ3n) is 7.70. The van der Waals surface area contributed by atoms with Crippen molar-refractivity contribution in [3.63, 3.8) is 0 Å². The van der Waals surface area contributed by atoms with Crippen molar-refractivity contribution in [2.45, 2.75) is 59.8 Å². The van der Waals surface area contributed by atoms with Crippen molar-refractivity contribution in [1.82, 2.24) is 0 Å². The molecule has 0 aliphatic heterocycles. The van der Waals surface area contributed by atoms with Crippen molar-refractivity contribution in [2.75, 3.05) is 21.3 Å². The van der Waals surface area contributed by atoms with Gasteiger partial charge in [0.25, 0.3) is 0 Å². The Hall–Kier alpha value is -1.97. The Morgan fingerprint density at radius 2 is 1.83 bits per heavy atom. The predicted molar refractivity (Wildman–Crippen MR) is 116 cm³/mol. The van der Waals surface area contributed by atoms with Gasteiger partial charge in [-0.3, -0.25) is 0 Å². The number of esters is 1. The maximum absolute atomic E-state index is 12.2. The van der Waals surface area contributed by atoms with Crippen LogP contribution >= 0.6 is 0 Å². The summed E-state index contributed by atoms with van der Waals surface area (Å²) < 4.78 is 16.2. The van der Waals surface area contributed by atoms with Gasteiger partial charge >= 0.3 is 5.97 Å². The number of carbonyl (C=O) groups excluding carboxylic acids is 1. The molecule has 1 aromatic carbocycles. The smallest absolute Gasteiger partial charge is 0.337 e. The zero-order valence-corrected chi connectivity index (χ0v) is 19.1. The molecule has 29 heavy (non-hydrogen) atoms. The fraction of sp³-hybridized carbons (Fsp3) is 0.640. The number of hydrogen-bond donors (Lipinski definition) is 0. The molecule has 0 N–H and O–H groups in total. The van der Waals surface area contributed by atoms with Gasteiger partial charge in [0, 0.05) is 0 Å². The molecule has 1 aromatic rings. The Labute approximate surface area is 175 Å². The van der Waals surface area contributed by atoms with Gasteiger partial charge in [-0.05, 0) is 73.0 Å². The molecule has 0 unspecified atom stereocenters. The Morgan fingerprint density at radius 3 is 2.45 bits per heavy atom. The summed E-state index contributed by atoms with van der Waals surface area (Å²) in [5.74, 6) is 2.01. The quantitative estimate of drug-likeness (QED) is 0.461. The van der Waals surface area contributed by atoms with Crippen LogP contribution in [0.4, 0.5) is 0 Å². The van der Waals surface area contributed by atoms with Crippen LogP contribution in [-0.2, 0) is 11.2 Å². The molecule has 0 radical (unpaired) electrons. The molecule has 1 fully saturated rings. The molecule has 0 amide bonds. The third-order valence-corrected chi connectivity index (χ3v) is 7.70. The van der Waals surface area contributed by atoms with E-state index in [0.29, 0.717) is 34.3 Å². The predicted octanol–water partition coefficient (Wildman–Crippen LogP) is 5.83. The molecule has 0 bridgehead atoms. The van der Waals surface area contributed by atoms with Crippen LogP contribution in [0.5, 0.6) is 11.5 Å². The van der Waals surface area contributed by atoms with Crippen LogP contribution < -0.4 is 9.47 Å². The van der Waals surface area contributed by atoms with E-state index >= 15 is 0 Å². The molecular formula is C25H36O4. The summed E-state index contributed by atoms with van der Waals surface area (Å²) in [7, 11) is 4.68. The molecule has 3 atom stereocenters. The van der Waals surface area contributed by atoms with Crippen LogP contribution in [0, 0.1) is 22.7 Å². The Balaban J connectivity index is 2.06. The maximum atomic E-state index is 12.2. The normalized spacial score (nSPS) is 28.2. The fourth-order valence-corrected chi connectivity index (χ4v) is 6.18. The first-order valence-corrected chi connectivity index (χ1v) is 10.7. The second-order valence-corrected chi connectivity index (χ2v) is 9.70. The van der Waals surface area contributed by atoms with Gasteiger partial charge in [0.05, 0.1) is 26.9 Å². The molecule has 0 spiro atoms. The Morgan fingerprint density at radius 1 is 1.10 bits per heavy atom. The van der Waals surface area contributed by atoms with Gasteiger partial charge in [0.2, 0.25) is 0 Å². The summed E-state index contributed by atoms with van der Waals surface area (Å²) in [5.41, 5.74) is 3.54. The Bertz CT molecular complexity index is 807. The first kappa shape index (κ1) is 21.7. The van der Waals surface area contributed by atoms with Crippen molar-refractivity contribution >= 4 is 5.97 Å². The van der Waals surface area contributed by atoms with E-state index < -0.39 is 0 Å². The average molecular weight is 401 g/mol. The molecule has 2 aliphatic carbocycles. The van der Waals surface area contributed by atoms with Crippen LogP contribution in [0.15, 0.2) is 23.8 Å². The van der Waals surface area contributed by atoms with Crippen LogP contribution in [0.25, 0.3) is 0 Å². The highest BCUT2D eigenvalue weighted by Gasteiger charge is 2.51. The van der Waals surface area contributed by atoms with Crippen LogP contribution in [0.3, 0.4) is 0 Å². The highest BCUT2D eigenvalue weighted by Crippen LogP contribution is 2.60. The van der Waals surface area contributed by atoms with Gasteiger partial charge in [-0.2, -0.15) is 0 Å². The lowest BCUT2D eigenvalue weighted by molar-refractivity contribution is -0.0369. The first-order valence-electron chi connectivity index (χ1n) is 10.7. The molecular weight excluding hydrogens is 364 g/mol. The molecule has 4 heteroatoms. The van der Waals surface area contributed by atoms with E-state index in [0.717, 1.165) is 18.4 Å². The van der Waals surface area contributed by atoms with Crippen LogP contribution in [0.2, 0.25) is 0 Å². The Kier molecular flexibility index (Phi) is 6.03. The molecule has 0 saturated heterocycles. The number of ether oxygens (including phenoxy) is 3. The lowest BCUT2D eigenvalue weighted by Crippen LogP contribution is -2.49. The molecule has 160 valence electrons. The number of allylic oxidation sites excluding steroid dienone is 2. The molecule has 3 rings (SSSR count). The van der Waals surface area contributed by atoms with Gasteiger partial charge in [-0.25, -0.2) is 4.79 Å². The highest BCUT2D eigenvalue weighted by molar-refractivity contribution is 5.90. The minimum Gasteiger partial charge on any atom is -0.493 e. The van der Waals surface area contributed by atoms with Gasteiger partial charge in [-0.15, -0.1) is 0 Å². The van der Waals surface area contributed by atoms with E-state index in [9.17, 15) is 4.79 Å². The van der Waals surface area contributed by atoms with E-state index in [4.69, 9.17) is 14.2 Å². The fourth-order valence-electron chi connectivity index (χ4n) is 6.18. The topological polar surface area (TPSA) is 44.8 Å². The lowest BCUT2D eigenvalue weighted by Gasteiger charge is -2.57. The van der Waals surface area contributed by atoms with Gasteiger partial charge in [-0.1, -0.05) is 38.8 Å². The number of carbonyl (C=O) groups is 1. The molecule has 0 aromatic heterocycles. The largest absolute Gasteiger partial charge is 0.493 e. The number of fused-ring (bicyclic) bond motifs is 1. The first-order chi connectivity index (χ1) is 13.7. The van der Waals surface area contributed by atoms with Crippen molar-refractivity contribution in [1.29, 1.82) is 0 Å². The number of rotatable bonds is 5. The van der Waals surface area contributed by atoms with E-state index in [1.807, 2.05) is 6.07 Å². The number of benzene rings is 1. The lowest BCUT2D eigenvalue weighted by atomic mass is 9.48. The highest BCUT2D eigenvalue weighted by atomic mass is 16.5. The van der Waals surface area contributed by atoms with E-state index in [-0.39, 0.29) is 11.4 Å². The van der Waals surface area contributed by atoms with E-state index in [1.54, 1.807) is 20.3 Å². The SMILES string of the molecule is COC(=O)c1cc(C[C@H]2C(C)=CC[C@H]3C(C)(C)CCC[C@]23C)c(OC)c(OC)c1. The summed E-state index contributed by atoms with van der Waals surface area (Å²) in [6.07, 6.45) is 8.24. The number of methoxy groups -OCH3 is 3. The van der Waals surface area contributed by atoms with Crippen molar-refractivity contribution < 1.29 is 19.0 Å². The van der Waals surface area contributed by atoms with Crippen LogP contribution in [-0.4, -0.2) is 27.3 Å². The molecule has 4 nitrogen and oxygen atoms in total. The molecule has 2 aliphatic rings. The van der Waals surface area contributed by atoms with Gasteiger partial charge < -0.3 is 14.2 Å². The van der Waals surface area contributed by atoms with E-state index in [2.05, 4.69) is 33.8 Å². The standard InChI is InChI=1S/C25H36O4/c1-16-9-10-21-24(2,3)11-8-12-25(21,4)19(16)14-17-13-18(23(26)29-7)15-20(27-5)22(17)28-6/h9,13,15,19,21H,8,10-12,14H2,1-7H3/t19-,21-,25+/m0/s1. The van der Waals surface area contributed by atoms with Crippen molar-refractivity contribution in [2.24, 2.45) is 22.7 Å².